The highest BCUT2D eigenvalue weighted by Crippen LogP contribution is 2.29. The molecule has 3 rings (SSSR count). The molecule has 0 saturated carbocycles. The molecule has 0 aliphatic carbocycles. The Balaban J connectivity index is 1.66. The SMILES string of the molecule is O=C(Cc1cccc2ccccc12)N[C@H](NC(=S)Nc1ccc(C(=O)O)cc1)C(Cl)(Cl)Cl. The predicted octanol–water partition coefficient (Wildman–Crippen LogP) is 4.88. The van der Waals surface area contributed by atoms with Gasteiger partial charge in [0.1, 0.15) is 6.17 Å². The highest BCUT2D eigenvalue weighted by Gasteiger charge is 2.34. The van der Waals surface area contributed by atoms with Crippen molar-refractivity contribution in [3.8, 4) is 0 Å². The van der Waals surface area contributed by atoms with Crippen molar-refractivity contribution >= 4 is 80.5 Å². The Kier molecular flexibility index (Phi) is 7.79. The van der Waals surface area contributed by atoms with E-state index >= 15 is 0 Å². The van der Waals surface area contributed by atoms with Crippen LogP contribution in [0.15, 0.2) is 66.7 Å². The number of carboxylic acid groups (broad SMARTS) is 1. The number of hydrogen-bond donors (Lipinski definition) is 4. The van der Waals surface area contributed by atoms with Crippen molar-refractivity contribution in [3.05, 3.63) is 77.9 Å². The van der Waals surface area contributed by atoms with Crippen molar-refractivity contribution < 1.29 is 14.7 Å². The summed E-state index contributed by atoms with van der Waals surface area (Å²) in [5.41, 5.74) is 1.50. The molecule has 0 radical (unpaired) electrons. The third-order valence-corrected chi connectivity index (χ3v) is 5.40. The molecule has 32 heavy (non-hydrogen) atoms. The molecule has 1 amide bonds. The fourth-order valence-electron chi connectivity index (χ4n) is 3.03. The maximum Gasteiger partial charge on any atom is 0.335 e. The zero-order valence-electron chi connectivity index (χ0n) is 16.4. The number of halogens is 3. The number of hydrogen-bond acceptors (Lipinski definition) is 3. The van der Waals surface area contributed by atoms with Gasteiger partial charge in [-0.3, -0.25) is 4.79 Å². The van der Waals surface area contributed by atoms with Gasteiger partial charge in [-0.05, 0) is 52.8 Å². The molecule has 0 bridgehead atoms. The van der Waals surface area contributed by atoms with Gasteiger partial charge >= 0.3 is 5.97 Å². The normalized spacial score (nSPS) is 12.1. The summed E-state index contributed by atoms with van der Waals surface area (Å²) < 4.78 is -1.90. The largest absolute Gasteiger partial charge is 0.478 e. The number of aromatic carboxylic acids is 1. The molecule has 0 fully saturated rings. The number of alkyl halides is 3. The maximum atomic E-state index is 12.7. The van der Waals surface area contributed by atoms with Gasteiger partial charge in [-0.25, -0.2) is 4.79 Å². The molecule has 1 atom stereocenters. The minimum atomic E-state index is -1.90. The van der Waals surface area contributed by atoms with Crippen molar-refractivity contribution in [1.29, 1.82) is 0 Å². The molecule has 0 spiro atoms. The average molecular weight is 511 g/mol. The molecule has 3 aromatic rings. The van der Waals surface area contributed by atoms with E-state index < -0.39 is 15.9 Å². The fourth-order valence-corrected chi connectivity index (χ4v) is 3.59. The van der Waals surface area contributed by atoms with Crippen molar-refractivity contribution in [2.24, 2.45) is 0 Å². The lowest BCUT2D eigenvalue weighted by molar-refractivity contribution is -0.121. The van der Waals surface area contributed by atoms with Crippen LogP contribution in [0.4, 0.5) is 5.69 Å². The van der Waals surface area contributed by atoms with Gasteiger partial charge < -0.3 is 21.1 Å². The topological polar surface area (TPSA) is 90.5 Å². The van der Waals surface area contributed by atoms with E-state index in [4.69, 9.17) is 52.1 Å². The lowest BCUT2D eigenvalue weighted by Gasteiger charge is -2.28. The smallest absolute Gasteiger partial charge is 0.335 e. The minimum Gasteiger partial charge on any atom is -0.478 e. The molecular formula is C22H18Cl3N3O3S. The number of carbonyl (C=O) groups is 2. The van der Waals surface area contributed by atoms with Crippen LogP contribution in [-0.2, 0) is 11.2 Å². The lowest BCUT2D eigenvalue weighted by Crippen LogP contribution is -2.56. The molecule has 0 aliphatic heterocycles. The molecule has 0 aromatic heterocycles. The molecule has 0 heterocycles. The Morgan fingerprint density at radius 2 is 1.59 bits per heavy atom. The number of fused-ring (bicyclic) bond motifs is 1. The first-order valence-corrected chi connectivity index (χ1v) is 10.9. The summed E-state index contributed by atoms with van der Waals surface area (Å²) in [5.74, 6) is -1.40. The van der Waals surface area contributed by atoms with Crippen LogP contribution in [0, 0.1) is 0 Å². The van der Waals surface area contributed by atoms with E-state index in [9.17, 15) is 9.59 Å². The molecule has 166 valence electrons. The summed E-state index contributed by atoms with van der Waals surface area (Å²) in [5, 5.41) is 19.3. The standard InChI is InChI=1S/C22H18Cl3N3O3S/c23-22(24,25)20(28-21(32)26-16-10-8-14(9-11-16)19(30)31)27-18(29)12-15-6-3-5-13-4-1-2-7-17(13)15/h1-11,20H,12H2,(H,27,29)(H,30,31)(H2,26,28,32)/t20-/m1/s1. The highest BCUT2D eigenvalue weighted by atomic mass is 35.6. The number of benzene rings is 3. The van der Waals surface area contributed by atoms with Gasteiger partial charge in [0.2, 0.25) is 9.70 Å². The second-order valence-electron chi connectivity index (χ2n) is 6.84. The van der Waals surface area contributed by atoms with Crippen molar-refractivity contribution in [1.82, 2.24) is 10.6 Å². The minimum absolute atomic E-state index is 0.0786. The molecule has 0 saturated heterocycles. The summed E-state index contributed by atoms with van der Waals surface area (Å²) in [6, 6.07) is 19.4. The number of carboxylic acids is 1. The predicted molar refractivity (Wildman–Crippen MR) is 133 cm³/mol. The fraction of sp³-hybridized carbons (Fsp3) is 0.136. The third-order valence-electron chi connectivity index (χ3n) is 4.53. The van der Waals surface area contributed by atoms with Crippen LogP contribution >= 0.6 is 47.0 Å². The molecule has 6 nitrogen and oxygen atoms in total. The van der Waals surface area contributed by atoms with Gasteiger partial charge in [-0.2, -0.15) is 0 Å². The Hall–Kier alpha value is -2.58. The molecule has 10 heteroatoms. The van der Waals surface area contributed by atoms with Crippen LogP contribution in [-0.4, -0.2) is 32.1 Å². The molecule has 0 unspecified atom stereocenters. The summed E-state index contributed by atoms with van der Waals surface area (Å²) in [4.78, 5) is 23.7. The number of amides is 1. The maximum absolute atomic E-state index is 12.7. The molecule has 4 N–H and O–H groups in total. The Morgan fingerprint density at radius 3 is 2.25 bits per heavy atom. The molecular weight excluding hydrogens is 493 g/mol. The first-order valence-electron chi connectivity index (χ1n) is 9.37. The van der Waals surface area contributed by atoms with E-state index in [0.29, 0.717) is 5.69 Å². The monoisotopic (exact) mass is 509 g/mol. The number of anilines is 1. The summed E-state index contributed by atoms with van der Waals surface area (Å²) in [7, 11) is 0. The summed E-state index contributed by atoms with van der Waals surface area (Å²) >= 11 is 23.4. The van der Waals surface area contributed by atoms with Crippen LogP contribution < -0.4 is 16.0 Å². The van der Waals surface area contributed by atoms with Gasteiger partial charge in [-0.1, -0.05) is 77.3 Å². The van der Waals surface area contributed by atoms with Gasteiger partial charge in [0.05, 0.1) is 12.0 Å². The highest BCUT2D eigenvalue weighted by molar-refractivity contribution is 7.80. The van der Waals surface area contributed by atoms with Gasteiger partial charge in [0.25, 0.3) is 0 Å². The number of thiocarbonyl (C=S) groups is 1. The Bertz CT molecular complexity index is 1150. The quantitative estimate of drug-likeness (QED) is 0.215. The Labute approximate surface area is 204 Å². The van der Waals surface area contributed by atoms with Crippen LogP contribution in [0.2, 0.25) is 0 Å². The first kappa shape index (κ1) is 24.1. The number of carbonyl (C=O) groups excluding carboxylic acids is 1. The van der Waals surface area contributed by atoms with Crippen LogP contribution in [0.3, 0.4) is 0 Å². The van der Waals surface area contributed by atoms with E-state index in [-0.39, 0.29) is 23.0 Å². The molecule has 0 aliphatic rings. The van der Waals surface area contributed by atoms with E-state index in [1.54, 1.807) is 12.1 Å². The van der Waals surface area contributed by atoms with Crippen LogP contribution in [0.1, 0.15) is 15.9 Å². The van der Waals surface area contributed by atoms with E-state index in [0.717, 1.165) is 16.3 Å². The molecule has 3 aromatic carbocycles. The van der Waals surface area contributed by atoms with Gasteiger partial charge in [0.15, 0.2) is 5.11 Å². The zero-order valence-corrected chi connectivity index (χ0v) is 19.5. The van der Waals surface area contributed by atoms with Crippen LogP contribution in [0.5, 0.6) is 0 Å². The van der Waals surface area contributed by atoms with E-state index in [1.165, 1.54) is 12.1 Å². The number of rotatable bonds is 6. The van der Waals surface area contributed by atoms with Gasteiger partial charge in [0, 0.05) is 5.69 Å². The second kappa shape index (κ2) is 10.4. The second-order valence-corrected chi connectivity index (χ2v) is 9.62. The van der Waals surface area contributed by atoms with Crippen molar-refractivity contribution in [2.45, 2.75) is 16.4 Å². The van der Waals surface area contributed by atoms with Crippen LogP contribution in [0.25, 0.3) is 10.8 Å². The zero-order chi connectivity index (χ0) is 23.3. The third kappa shape index (κ3) is 6.46. The average Bonchev–Trinajstić information content (AvgIpc) is 2.73. The summed E-state index contributed by atoms with van der Waals surface area (Å²) in [6.07, 6.45) is -1.04. The first-order chi connectivity index (χ1) is 15.1. The van der Waals surface area contributed by atoms with Crippen molar-refractivity contribution in [2.75, 3.05) is 5.32 Å². The van der Waals surface area contributed by atoms with Gasteiger partial charge in [-0.15, -0.1) is 0 Å². The lowest BCUT2D eigenvalue weighted by atomic mass is 10.0. The van der Waals surface area contributed by atoms with E-state index in [2.05, 4.69) is 16.0 Å². The van der Waals surface area contributed by atoms with E-state index in [1.807, 2.05) is 42.5 Å². The summed E-state index contributed by atoms with van der Waals surface area (Å²) in [6.45, 7) is 0. The Morgan fingerprint density at radius 1 is 0.938 bits per heavy atom. The number of nitrogens with one attached hydrogen (secondary N) is 3. The van der Waals surface area contributed by atoms with Crippen molar-refractivity contribution in [3.63, 3.8) is 0 Å².